The number of hydrogen-bond acceptors (Lipinski definition) is 2. The zero-order valence-electron chi connectivity index (χ0n) is 11.2. The van der Waals surface area contributed by atoms with Crippen LogP contribution in [-0.2, 0) is 9.53 Å². The van der Waals surface area contributed by atoms with Gasteiger partial charge in [0.15, 0.2) is 0 Å². The molecule has 0 saturated heterocycles. The fourth-order valence-electron chi connectivity index (χ4n) is 2.41. The highest BCUT2D eigenvalue weighted by Gasteiger charge is 2.55. The first-order chi connectivity index (χ1) is 8.44. The standard InChI is InChI=1S/C16H20O2/c1-5-12-13(11-9-7-6-8-10-11)14(12)15(17)18-16(2,3)4/h5-10,12-14H,1H2,2-4H3/t12-,13+,14+/m0/s1. The van der Waals surface area contributed by atoms with Crippen molar-refractivity contribution in [2.75, 3.05) is 0 Å². The number of carbonyl (C=O) groups is 1. The summed E-state index contributed by atoms with van der Waals surface area (Å²) in [4.78, 5) is 12.1. The van der Waals surface area contributed by atoms with E-state index in [-0.39, 0.29) is 23.7 Å². The lowest BCUT2D eigenvalue weighted by Crippen LogP contribution is -2.25. The summed E-state index contributed by atoms with van der Waals surface area (Å²) in [6.07, 6.45) is 1.87. The summed E-state index contributed by atoms with van der Waals surface area (Å²) < 4.78 is 5.46. The Kier molecular flexibility index (Phi) is 3.29. The zero-order valence-corrected chi connectivity index (χ0v) is 11.2. The third kappa shape index (κ3) is 2.63. The predicted octanol–water partition coefficient (Wildman–Crippen LogP) is 3.54. The zero-order chi connectivity index (χ0) is 13.3. The first-order valence-corrected chi connectivity index (χ1v) is 6.34. The summed E-state index contributed by atoms with van der Waals surface area (Å²) in [6, 6.07) is 10.1. The van der Waals surface area contributed by atoms with Gasteiger partial charge in [0.25, 0.3) is 0 Å². The van der Waals surface area contributed by atoms with Gasteiger partial charge in [0.1, 0.15) is 5.60 Å². The van der Waals surface area contributed by atoms with E-state index >= 15 is 0 Å². The summed E-state index contributed by atoms with van der Waals surface area (Å²) in [7, 11) is 0. The van der Waals surface area contributed by atoms with Crippen molar-refractivity contribution in [1.29, 1.82) is 0 Å². The van der Waals surface area contributed by atoms with Gasteiger partial charge in [-0.1, -0.05) is 36.4 Å². The van der Waals surface area contributed by atoms with Crippen LogP contribution in [0.15, 0.2) is 43.0 Å². The van der Waals surface area contributed by atoms with Crippen LogP contribution in [0.5, 0.6) is 0 Å². The van der Waals surface area contributed by atoms with Crippen LogP contribution >= 0.6 is 0 Å². The summed E-state index contributed by atoms with van der Waals surface area (Å²) >= 11 is 0. The van der Waals surface area contributed by atoms with Crippen molar-refractivity contribution in [2.45, 2.75) is 32.3 Å². The van der Waals surface area contributed by atoms with Gasteiger partial charge >= 0.3 is 5.97 Å². The maximum absolute atomic E-state index is 12.1. The van der Waals surface area contributed by atoms with E-state index in [1.807, 2.05) is 45.0 Å². The Hall–Kier alpha value is -1.57. The number of ether oxygens (including phenoxy) is 1. The van der Waals surface area contributed by atoms with Gasteiger partial charge in [-0.2, -0.15) is 0 Å². The number of allylic oxidation sites excluding steroid dienone is 1. The van der Waals surface area contributed by atoms with Gasteiger partial charge < -0.3 is 4.74 Å². The van der Waals surface area contributed by atoms with E-state index in [0.29, 0.717) is 0 Å². The smallest absolute Gasteiger partial charge is 0.310 e. The summed E-state index contributed by atoms with van der Waals surface area (Å²) in [5.41, 5.74) is 0.769. The molecule has 0 amide bonds. The molecule has 0 aliphatic heterocycles. The van der Waals surface area contributed by atoms with E-state index in [2.05, 4.69) is 18.7 Å². The SMILES string of the molecule is C=C[C@@H]1[C@@H](C(=O)OC(C)(C)C)[C@@H]1c1ccccc1. The molecule has 0 radical (unpaired) electrons. The Morgan fingerprint density at radius 2 is 1.89 bits per heavy atom. The lowest BCUT2D eigenvalue weighted by atomic mass is 10.1. The number of esters is 1. The van der Waals surface area contributed by atoms with Crippen molar-refractivity contribution in [2.24, 2.45) is 11.8 Å². The van der Waals surface area contributed by atoms with Gasteiger partial charge in [-0.15, -0.1) is 6.58 Å². The second-order valence-electron chi connectivity index (χ2n) is 5.81. The summed E-state index contributed by atoms with van der Waals surface area (Å²) in [5, 5.41) is 0. The van der Waals surface area contributed by atoms with Crippen LogP contribution in [0.3, 0.4) is 0 Å². The molecule has 1 saturated carbocycles. The van der Waals surface area contributed by atoms with E-state index in [0.717, 1.165) is 0 Å². The third-order valence-electron chi connectivity index (χ3n) is 3.21. The van der Waals surface area contributed by atoms with Crippen LogP contribution in [0.25, 0.3) is 0 Å². The van der Waals surface area contributed by atoms with Gasteiger partial charge in [-0.3, -0.25) is 4.79 Å². The second kappa shape index (κ2) is 4.60. The molecule has 96 valence electrons. The average Bonchev–Trinajstić information content (AvgIpc) is 3.02. The fraction of sp³-hybridized carbons (Fsp3) is 0.438. The minimum atomic E-state index is -0.424. The lowest BCUT2D eigenvalue weighted by Gasteiger charge is -2.19. The minimum Gasteiger partial charge on any atom is -0.460 e. The molecule has 1 aliphatic carbocycles. The normalized spacial score (nSPS) is 26.5. The van der Waals surface area contributed by atoms with Crippen molar-refractivity contribution < 1.29 is 9.53 Å². The number of rotatable bonds is 3. The lowest BCUT2D eigenvalue weighted by molar-refractivity contribution is -0.156. The van der Waals surface area contributed by atoms with Crippen molar-refractivity contribution in [3.05, 3.63) is 48.6 Å². The third-order valence-corrected chi connectivity index (χ3v) is 3.21. The van der Waals surface area contributed by atoms with Crippen molar-refractivity contribution in [3.8, 4) is 0 Å². The molecule has 18 heavy (non-hydrogen) atoms. The Balaban J connectivity index is 2.11. The van der Waals surface area contributed by atoms with E-state index in [1.165, 1.54) is 5.56 Å². The molecular weight excluding hydrogens is 224 g/mol. The van der Waals surface area contributed by atoms with Crippen molar-refractivity contribution >= 4 is 5.97 Å². The van der Waals surface area contributed by atoms with Gasteiger partial charge in [0.2, 0.25) is 0 Å². The molecule has 1 aromatic rings. The van der Waals surface area contributed by atoms with Crippen LogP contribution in [0.4, 0.5) is 0 Å². The Morgan fingerprint density at radius 1 is 1.28 bits per heavy atom. The van der Waals surface area contributed by atoms with Gasteiger partial charge in [0.05, 0.1) is 5.92 Å². The van der Waals surface area contributed by atoms with E-state index in [9.17, 15) is 4.79 Å². The van der Waals surface area contributed by atoms with E-state index in [4.69, 9.17) is 4.74 Å². The molecule has 0 heterocycles. The summed E-state index contributed by atoms with van der Waals surface area (Å²) in [5.74, 6) is 0.270. The molecule has 1 aliphatic rings. The molecule has 0 unspecified atom stereocenters. The van der Waals surface area contributed by atoms with Crippen LogP contribution < -0.4 is 0 Å². The van der Waals surface area contributed by atoms with E-state index < -0.39 is 5.60 Å². The molecule has 0 N–H and O–H groups in total. The van der Waals surface area contributed by atoms with Gasteiger partial charge in [-0.25, -0.2) is 0 Å². The fourth-order valence-corrected chi connectivity index (χ4v) is 2.41. The average molecular weight is 244 g/mol. The molecule has 1 fully saturated rings. The summed E-state index contributed by atoms with van der Waals surface area (Å²) in [6.45, 7) is 9.51. The molecular formula is C16H20O2. The topological polar surface area (TPSA) is 26.3 Å². The largest absolute Gasteiger partial charge is 0.460 e. The van der Waals surface area contributed by atoms with Gasteiger partial charge in [0, 0.05) is 5.92 Å². The minimum absolute atomic E-state index is 0.0656. The first-order valence-electron chi connectivity index (χ1n) is 6.34. The van der Waals surface area contributed by atoms with E-state index in [1.54, 1.807) is 0 Å². The molecule has 2 rings (SSSR count). The Labute approximate surface area is 109 Å². The highest BCUT2D eigenvalue weighted by molar-refractivity contribution is 5.79. The number of carbonyl (C=O) groups excluding carboxylic acids is 1. The quantitative estimate of drug-likeness (QED) is 0.600. The van der Waals surface area contributed by atoms with Crippen LogP contribution in [0.2, 0.25) is 0 Å². The second-order valence-corrected chi connectivity index (χ2v) is 5.81. The van der Waals surface area contributed by atoms with Crippen LogP contribution in [0, 0.1) is 11.8 Å². The molecule has 0 spiro atoms. The molecule has 3 atom stereocenters. The molecule has 0 aromatic heterocycles. The number of hydrogen-bond donors (Lipinski definition) is 0. The monoisotopic (exact) mass is 244 g/mol. The highest BCUT2D eigenvalue weighted by Crippen LogP contribution is 2.55. The number of benzene rings is 1. The Bertz CT molecular complexity index is 442. The molecule has 2 heteroatoms. The highest BCUT2D eigenvalue weighted by atomic mass is 16.6. The molecule has 0 bridgehead atoms. The van der Waals surface area contributed by atoms with Crippen LogP contribution in [-0.4, -0.2) is 11.6 Å². The maximum Gasteiger partial charge on any atom is 0.310 e. The maximum atomic E-state index is 12.1. The predicted molar refractivity (Wildman–Crippen MR) is 72.2 cm³/mol. The van der Waals surface area contributed by atoms with Crippen LogP contribution in [0.1, 0.15) is 32.3 Å². The van der Waals surface area contributed by atoms with Crippen molar-refractivity contribution in [1.82, 2.24) is 0 Å². The molecule has 2 nitrogen and oxygen atoms in total. The van der Waals surface area contributed by atoms with Crippen molar-refractivity contribution in [3.63, 3.8) is 0 Å². The van der Waals surface area contributed by atoms with Gasteiger partial charge in [-0.05, 0) is 32.3 Å². The first kappa shape index (κ1) is 12.9. The Morgan fingerprint density at radius 3 is 2.39 bits per heavy atom. The molecule has 1 aromatic carbocycles.